The Morgan fingerprint density at radius 3 is 2.60 bits per heavy atom. The molecule has 0 saturated carbocycles. The van der Waals surface area contributed by atoms with Gasteiger partial charge in [-0.05, 0) is 18.8 Å². The van der Waals surface area contributed by atoms with Gasteiger partial charge >= 0.3 is 6.03 Å². The Morgan fingerprint density at radius 2 is 2.10 bits per heavy atom. The second-order valence-electron chi connectivity index (χ2n) is 6.10. The summed E-state index contributed by atoms with van der Waals surface area (Å²) in [6.45, 7) is 6.21. The van der Waals surface area contributed by atoms with E-state index in [1.165, 1.54) is 0 Å². The largest absolute Gasteiger partial charge is 0.355 e. The summed E-state index contributed by atoms with van der Waals surface area (Å²) in [4.78, 5) is 24.6. The van der Waals surface area contributed by atoms with E-state index in [1.807, 2.05) is 18.7 Å². The number of ether oxygens (including phenoxy) is 1. The van der Waals surface area contributed by atoms with Gasteiger partial charge in [-0.2, -0.15) is 0 Å². The van der Waals surface area contributed by atoms with E-state index in [1.54, 1.807) is 7.05 Å². The molecule has 0 aromatic rings. The fraction of sp³-hybridized carbons (Fsp3) is 0.857. The normalized spacial score (nSPS) is 26.8. The Balaban J connectivity index is 1.93. The number of nitrogens with one attached hydrogen (secondary N) is 2. The molecule has 0 bridgehead atoms. The summed E-state index contributed by atoms with van der Waals surface area (Å²) in [6, 6.07) is -0.0321. The number of hydrogen-bond donors (Lipinski definition) is 2. The highest BCUT2D eigenvalue weighted by Crippen LogP contribution is 2.33. The smallest absolute Gasteiger partial charge is 0.317 e. The minimum atomic E-state index is -0.217. The molecule has 2 amide bonds. The van der Waals surface area contributed by atoms with Crippen molar-refractivity contribution in [2.45, 2.75) is 38.5 Å². The summed E-state index contributed by atoms with van der Waals surface area (Å²) in [6.07, 6.45) is 2.42. The molecule has 2 rings (SSSR count). The molecule has 1 spiro atoms. The molecule has 2 saturated heterocycles. The summed E-state index contributed by atoms with van der Waals surface area (Å²) in [5.41, 5.74) is -0.217. The van der Waals surface area contributed by atoms with Gasteiger partial charge in [-0.25, -0.2) is 4.79 Å². The highest BCUT2D eigenvalue weighted by Gasteiger charge is 2.45. The number of carbonyl (C=O) groups is 2. The quantitative estimate of drug-likeness (QED) is 0.743. The molecular weight excluding hydrogens is 258 g/mol. The van der Waals surface area contributed by atoms with Gasteiger partial charge in [-0.3, -0.25) is 5.32 Å². The summed E-state index contributed by atoms with van der Waals surface area (Å²) in [5, 5.41) is 5.98. The third-order valence-corrected chi connectivity index (χ3v) is 4.45. The van der Waals surface area contributed by atoms with Crippen LogP contribution in [0.4, 0.5) is 4.79 Å². The number of urea groups is 1. The Bertz CT molecular complexity index is 365. The summed E-state index contributed by atoms with van der Waals surface area (Å²) >= 11 is 0. The second kappa shape index (κ2) is 6.10. The molecule has 2 atom stereocenters. The first kappa shape index (κ1) is 15.3. The van der Waals surface area contributed by atoms with Crippen LogP contribution in [0.5, 0.6) is 0 Å². The van der Waals surface area contributed by atoms with Crippen molar-refractivity contribution in [1.82, 2.24) is 15.5 Å². The molecule has 20 heavy (non-hydrogen) atoms. The molecule has 2 unspecified atom stereocenters. The molecule has 0 aromatic heterocycles. The summed E-state index contributed by atoms with van der Waals surface area (Å²) in [7, 11) is 1.65. The van der Waals surface area contributed by atoms with E-state index in [-0.39, 0.29) is 29.7 Å². The van der Waals surface area contributed by atoms with Gasteiger partial charge in [0.05, 0.1) is 11.5 Å². The third-order valence-electron chi connectivity index (χ3n) is 4.45. The summed E-state index contributed by atoms with van der Waals surface area (Å²) in [5.74, 6) is 0.137. The topological polar surface area (TPSA) is 70.7 Å². The number of likely N-dealkylation sites (tertiary alicyclic amines) is 1. The van der Waals surface area contributed by atoms with E-state index in [9.17, 15) is 9.59 Å². The van der Waals surface area contributed by atoms with Crippen molar-refractivity contribution >= 4 is 12.3 Å². The molecule has 0 aromatic carbocycles. The minimum absolute atomic E-state index is 0.0321. The molecule has 2 heterocycles. The van der Waals surface area contributed by atoms with E-state index in [0.717, 1.165) is 25.7 Å². The maximum Gasteiger partial charge on any atom is 0.317 e. The maximum atomic E-state index is 11.6. The third kappa shape index (κ3) is 2.96. The molecule has 2 N–H and O–H groups in total. The zero-order valence-corrected chi connectivity index (χ0v) is 12.5. The highest BCUT2D eigenvalue weighted by molar-refractivity contribution is 5.73. The van der Waals surface area contributed by atoms with Gasteiger partial charge in [0.15, 0.2) is 0 Å². The number of aldehydes is 1. The first-order valence-corrected chi connectivity index (χ1v) is 7.34. The van der Waals surface area contributed by atoms with Crippen molar-refractivity contribution in [2.24, 2.45) is 11.8 Å². The minimum Gasteiger partial charge on any atom is -0.355 e. The molecule has 0 radical (unpaired) electrons. The van der Waals surface area contributed by atoms with Crippen molar-refractivity contribution in [1.29, 1.82) is 0 Å². The van der Waals surface area contributed by atoms with Crippen LogP contribution in [0, 0.1) is 11.8 Å². The average Bonchev–Trinajstić information content (AvgIpc) is 2.83. The van der Waals surface area contributed by atoms with Crippen LogP contribution >= 0.6 is 0 Å². The molecule has 6 nitrogen and oxygen atoms in total. The monoisotopic (exact) mass is 283 g/mol. The van der Waals surface area contributed by atoms with Gasteiger partial charge < -0.3 is 19.7 Å². The fourth-order valence-electron chi connectivity index (χ4n) is 3.00. The zero-order valence-electron chi connectivity index (χ0n) is 12.5. The number of hydrogen-bond acceptors (Lipinski definition) is 4. The van der Waals surface area contributed by atoms with Crippen molar-refractivity contribution in [2.75, 3.05) is 26.7 Å². The van der Waals surface area contributed by atoms with E-state index < -0.39 is 0 Å². The van der Waals surface area contributed by atoms with Crippen molar-refractivity contribution < 1.29 is 14.3 Å². The SMILES string of the molecule is CNC(=O)N1CCC2(CC1)CNC(C(C=O)C(C)C)O2. The van der Waals surface area contributed by atoms with Gasteiger partial charge in [0.1, 0.15) is 12.5 Å². The van der Waals surface area contributed by atoms with Crippen LogP contribution in [0.15, 0.2) is 0 Å². The predicted molar refractivity (Wildman–Crippen MR) is 75.3 cm³/mol. The molecule has 6 heteroatoms. The molecule has 2 aliphatic rings. The lowest BCUT2D eigenvalue weighted by molar-refractivity contribution is -0.125. The van der Waals surface area contributed by atoms with Gasteiger partial charge in [0, 0.05) is 26.7 Å². The average molecular weight is 283 g/mol. The van der Waals surface area contributed by atoms with Crippen LogP contribution in [-0.4, -0.2) is 55.7 Å². The van der Waals surface area contributed by atoms with Crippen LogP contribution in [-0.2, 0) is 9.53 Å². The van der Waals surface area contributed by atoms with Crippen LogP contribution in [0.25, 0.3) is 0 Å². The van der Waals surface area contributed by atoms with Crippen LogP contribution in [0.2, 0.25) is 0 Å². The highest BCUT2D eigenvalue weighted by atomic mass is 16.5. The van der Waals surface area contributed by atoms with Gasteiger partial charge in [-0.15, -0.1) is 0 Å². The number of piperidine rings is 1. The first-order chi connectivity index (χ1) is 9.51. The van der Waals surface area contributed by atoms with E-state index in [0.29, 0.717) is 13.1 Å². The van der Waals surface area contributed by atoms with Crippen LogP contribution in [0.3, 0.4) is 0 Å². The Labute approximate surface area is 120 Å². The molecule has 0 aliphatic carbocycles. The van der Waals surface area contributed by atoms with Gasteiger partial charge in [-0.1, -0.05) is 13.8 Å². The lowest BCUT2D eigenvalue weighted by Gasteiger charge is -2.38. The number of carbonyl (C=O) groups excluding carboxylic acids is 2. The Morgan fingerprint density at radius 1 is 1.45 bits per heavy atom. The lowest BCUT2D eigenvalue weighted by atomic mass is 9.92. The molecule has 2 aliphatic heterocycles. The van der Waals surface area contributed by atoms with Gasteiger partial charge in [0.25, 0.3) is 0 Å². The van der Waals surface area contributed by atoms with Crippen LogP contribution in [0.1, 0.15) is 26.7 Å². The Kier molecular flexibility index (Phi) is 4.65. The van der Waals surface area contributed by atoms with Crippen molar-refractivity contribution in [3.8, 4) is 0 Å². The Hall–Kier alpha value is -1.14. The van der Waals surface area contributed by atoms with E-state index >= 15 is 0 Å². The molecule has 114 valence electrons. The van der Waals surface area contributed by atoms with Crippen LogP contribution < -0.4 is 10.6 Å². The number of amides is 2. The maximum absolute atomic E-state index is 11.6. The standard InChI is InChI=1S/C14H25N3O3/c1-10(2)11(8-18)12-16-9-14(20-12)4-6-17(7-5-14)13(19)15-3/h8,10-12,16H,4-7,9H2,1-3H3,(H,15,19). The second-order valence-corrected chi connectivity index (χ2v) is 6.10. The number of rotatable bonds is 3. The lowest BCUT2D eigenvalue weighted by Crippen LogP contribution is -2.50. The number of nitrogens with zero attached hydrogens (tertiary/aromatic N) is 1. The predicted octanol–water partition coefficient (Wildman–Crippen LogP) is 0.577. The molecular formula is C14H25N3O3. The first-order valence-electron chi connectivity index (χ1n) is 7.34. The van der Waals surface area contributed by atoms with Crippen molar-refractivity contribution in [3.05, 3.63) is 0 Å². The summed E-state index contributed by atoms with van der Waals surface area (Å²) < 4.78 is 6.17. The fourth-order valence-corrected chi connectivity index (χ4v) is 3.00. The van der Waals surface area contributed by atoms with Gasteiger partial charge in [0.2, 0.25) is 0 Å². The molecule has 2 fully saturated rings. The van der Waals surface area contributed by atoms with E-state index in [2.05, 4.69) is 10.6 Å². The van der Waals surface area contributed by atoms with Crippen molar-refractivity contribution in [3.63, 3.8) is 0 Å². The zero-order chi connectivity index (χ0) is 14.8. The van der Waals surface area contributed by atoms with E-state index in [4.69, 9.17) is 4.74 Å².